The SMILES string of the molecule is O=c1ccc2ccc3c(c2o1)C/C=C\c1ccccc1CO3. The summed E-state index contributed by atoms with van der Waals surface area (Å²) in [5.74, 6) is 0.767. The summed E-state index contributed by atoms with van der Waals surface area (Å²) in [6.45, 7) is 0.496. The second-order valence-electron chi connectivity index (χ2n) is 5.31. The molecule has 3 nitrogen and oxygen atoms in total. The van der Waals surface area contributed by atoms with Crippen LogP contribution in [0.4, 0.5) is 0 Å². The maximum absolute atomic E-state index is 11.5. The van der Waals surface area contributed by atoms with Gasteiger partial charge >= 0.3 is 5.63 Å². The van der Waals surface area contributed by atoms with Gasteiger partial charge in [0.15, 0.2) is 0 Å². The largest absolute Gasteiger partial charge is 0.488 e. The summed E-state index contributed by atoms with van der Waals surface area (Å²) in [5.41, 5.74) is 3.48. The molecule has 0 fully saturated rings. The lowest BCUT2D eigenvalue weighted by atomic mass is 10.1. The van der Waals surface area contributed by atoms with Crippen LogP contribution in [0.15, 0.2) is 63.8 Å². The van der Waals surface area contributed by atoms with E-state index < -0.39 is 0 Å². The van der Waals surface area contributed by atoms with Crippen LogP contribution >= 0.6 is 0 Å². The van der Waals surface area contributed by atoms with E-state index in [9.17, 15) is 4.79 Å². The van der Waals surface area contributed by atoms with Crippen molar-refractivity contribution < 1.29 is 9.15 Å². The van der Waals surface area contributed by atoms with Gasteiger partial charge in [-0.25, -0.2) is 4.79 Å². The molecule has 0 amide bonds. The van der Waals surface area contributed by atoms with E-state index in [1.807, 2.05) is 24.3 Å². The zero-order valence-corrected chi connectivity index (χ0v) is 11.9. The molecule has 0 spiro atoms. The zero-order valence-electron chi connectivity index (χ0n) is 11.9. The summed E-state index contributed by atoms with van der Waals surface area (Å²) >= 11 is 0. The molecular formula is C19H14O3. The molecule has 0 saturated carbocycles. The first-order valence-electron chi connectivity index (χ1n) is 7.24. The molecule has 4 rings (SSSR count). The Morgan fingerprint density at radius 1 is 0.955 bits per heavy atom. The second-order valence-corrected chi connectivity index (χ2v) is 5.31. The van der Waals surface area contributed by atoms with Gasteiger partial charge in [0.05, 0.1) is 0 Å². The van der Waals surface area contributed by atoms with Crippen molar-refractivity contribution in [3.8, 4) is 5.75 Å². The number of ether oxygens (including phenoxy) is 1. The van der Waals surface area contributed by atoms with Crippen molar-refractivity contribution >= 4 is 17.0 Å². The van der Waals surface area contributed by atoms with E-state index in [0.717, 1.165) is 27.8 Å². The van der Waals surface area contributed by atoms with Crippen molar-refractivity contribution in [2.24, 2.45) is 0 Å². The minimum atomic E-state index is -0.340. The van der Waals surface area contributed by atoms with Crippen LogP contribution < -0.4 is 10.4 Å². The third kappa shape index (κ3) is 2.21. The highest BCUT2D eigenvalue weighted by atomic mass is 16.5. The second kappa shape index (κ2) is 5.19. The standard InChI is InChI=1S/C19H14O3/c20-18-11-9-14-8-10-17-16(19(14)22-18)7-3-6-13-4-1-2-5-15(13)12-21-17/h1-6,8-11H,7,12H2/b6-3-. The van der Waals surface area contributed by atoms with Gasteiger partial charge in [0.25, 0.3) is 0 Å². The van der Waals surface area contributed by atoms with Crippen molar-refractivity contribution in [1.29, 1.82) is 0 Å². The van der Waals surface area contributed by atoms with Crippen molar-refractivity contribution in [2.75, 3.05) is 0 Å². The topological polar surface area (TPSA) is 39.4 Å². The minimum absolute atomic E-state index is 0.340. The molecule has 0 atom stereocenters. The van der Waals surface area contributed by atoms with Gasteiger partial charge in [0.1, 0.15) is 17.9 Å². The van der Waals surface area contributed by atoms with Gasteiger partial charge in [0, 0.05) is 17.0 Å². The Balaban J connectivity index is 1.89. The first-order valence-corrected chi connectivity index (χ1v) is 7.24. The summed E-state index contributed by atoms with van der Waals surface area (Å²) in [7, 11) is 0. The van der Waals surface area contributed by atoms with E-state index in [4.69, 9.17) is 9.15 Å². The molecule has 108 valence electrons. The van der Waals surface area contributed by atoms with Gasteiger partial charge in [-0.2, -0.15) is 0 Å². The predicted molar refractivity (Wildman–Crippen MR) is 86.0 cm³/mol. The quantitative estimate of drug-likeness (QED) is 0.589. The maximum atomic E-state index is 11.5. The minimum Gasteiger partial charge on any atom is -0.488 e. The molecule has 1 aliphatic rings. The Bertz CT molecular complexity index is 935. The predicted octanol–water partition coefficient (Wildman–Crippen LogP) is 3.94. The third-order valence-electron chi connectivity index (χ3n) is 3.91. The van der Waals surface area contributed by atoms with E-state index >= 15 is 0 Å². The fourth-order valence-electron chi connectivity index (χ4n) is 2.79. The summed E-state index contributed by atoms with van der Waals surface area (Å²) < 4.78 is 11.4. The van der Waals surface area contributed by atoms with Gasteiger partial charge in [-0.05, 0) is 35.7 Å². The molecule has 2 heterocycles. The van der Waals surface area contributed by atoms with E-state index in [1.54, 1.807) is 6.07 Å². The average Bonchev–Trinajstić information content (AvgIpc) is 2.63. The third-order valence-corrected chi connectivity index (χ3v) is 3.91. The average molecular weight is 290 g/mol. The molecule has 0 unspecified atom stereocenters. The van der Waals surface area contributed by atoms with Gasteiger partial charge in [0.2, 0.25) is 0 Å². The monoisotopic (exact) mass is 290 g/mol. The number of rotatable bonds is 0. The van der Waals surface area contributed by atoms with Crippen LogP contribution in [0.5, 0.6) is 5.75 Å². The number of benzene rings is 2. The number of fused-ring (bicyclic) bond motifs is 4. The smallest absolute Gasteiger partial charge is 0.336 e. The first-order chi connectivity index (χ1) is 10.8. The summed E-state index contributed by atoms with van der Waals surface area (Å²) in [4.78, 5) is 11.5. The lowest BCUT2D eigenvalue weighted by Gasteiger charge is -2.12. The summed E-state index contributed by atoms with van der Waals surface area (Å²) in [6, 6.07) is 15.2. The maximum Gasteiger partial charge on any atom is 0.336 e. The molecule has 3 aromatic rings. The first kappa shape index (κ1) is 12.9. The number of hydrogen-bond donors (Lipinski definition) is 0. The lowest BCUT2D eigenvalue weighted by Crippen LogP contribution is -2.01. The highest BCUT2D eigenvalue weighted by Crippen LogP contribution is 2.30. The highest BCUT2D eigenvalue weighted by molar-refractivity contribution is 5.82. The molecule has 2 aromatic carbocycles. The van der Waals surface area contributed by atoms with Crippen LogP contribution in [0.2, 0.25) is 0 Å². The van der Waals surface area contributed by atoms with E-state index in [0.29, 0.717) is 18.6 Å². The van der Waals surface area contributed by atoms with Gasteiger partial charge in [-0.1, -0.05) is 36.4 Å². The van der Waals surface area contributed by atoms with Crippen molar-refractivity contribution in [3.05, 3.63) is 81.7 Å². The fraction of sp³-hybridized carbons (Fsp3) is 0.105. The Hall–Kier alpha value is -2.81. The highest BCUT2D eigenvalue weighted by Gasteiger charge is 2.13. The molecule has 1 aromatic heterocycles. The van der Waals surface area contributed by atoms with Crippen LogP contribution in [0.1, 0.15) is 16.7 Å². The van der Waals surface area contributed by atoms with Gasteiger partial charge < -0.3 is 9.15 Å². The van der Waals surface area contributed by atoms with Crippen molar-refractivity contribution in [1.82, 2.24) is 0 Å². The Kier molecular flexibility index (Phi) is 3.04. The Morgan fingerprint density at radius 2 is 1.82 bits per heavy atom. The van der Waals surface area contributed by atoms with Gasteiger partial charge in [-0.15, -0.1) is 0 Å². The molecule has 0 radical (unpaired) electrons. The zero-order chi connectivity index (χ0) is 14.9. The van der Waals surface area contributed by atoms with Crippen LogP contribution in [-0.4, -0.2) is 0 Å². The number of allylic oxidation sites excluding steroid dienone is 1. The molecular weight excluding hydrogens is 276 g/mol. The van der Waals surface area contributed by atoms with Crippen LogP contribution in [0.3, 0.4) is 0 Å². The molecule has 1 aliphatic heterocycles. The fourth-order valence-corrected chi connectivity index (χ4v) is 2.79. The van der Waals surface area contributed by atoms with Crippen LogP contribution in [0.25, 0.3) is 17.0 Å². The number of hydrogen-bond acceptors (Lipinski definition) is 3. The van der Waals surface area contributed by atoms with Crippen LogP contribution in [-0.2, 0) is 13.0 Å². The summed E-state index contributed by atoms with van der Waals surface area (Å²) in [5, 5.41) is 0.909. The molecule has 0 aliphatic carbocycles. The van der Waals surface area contributed by atoms with Crippen molar-refractivity contribution in [2.45, 2.75) is 13.0 Å². The van der Waals surface area contributed by atoms with E-state index in [2.05, 4.69) is 24.3 Å². The van der Waals surface area contributed by atoms with E-state index in [1.165, 1.54) is 6.07 Å². The molecule has 0 N–H and O–H groups in total. The molecule has 0 saturated heterocycles. The lowest BCUT2D eigenvalue weighted by molar-refractivity contribution is 0.303. The van der Waals surface area contributed by atoms with Gasteiger partial charge in [-0.3, -0.25) is 0 Å². The Morgan fingerprint density at radius 3 is 2.77 bits per heavy atom. The van der Waals surface area contributed by atoms with Crippen LogP contribution in [0, 0.1) is 0 Å². The van der Waals surface area contributed by atoms with E-state index in [-0.39, 0.29) is 5.63 Å². The van der Waals surface area contributed by atoms with Crippen molar-refractivity contribution in [3.63, 3.8) is 0 Å². The normalized spacial score (nSPS) is 14.9. The molecule has 22 heavy (non-hydrogen) atoms. The summed E-state index contributed by atoms with van der Waals surface area (Å²) in [6.07, 6.45) is 4.83. The molecule has 3 heteroatoms. The molecule has 0 bridgehead atoms. The Labute approximate surface area is 127 Å².